The van der Waals surface area contributed by atoms with Crippen LogP contribution in [-0.4, -0.2) is 16.2 Å². The van der Waals surface area contributed by atoms with E-state index in [-0.39, 0.29) is 6.79 Å². The average molecular weight is 370 g/mol. The number of thiophene rings is 1. The number of hydrogen-bond acceptors (Lipinski definition) is 5. The summed E-state index contributed by atoms with van der Waals surface area (Å²) in [6.07, 6.45) is 1.86. The molecule has 0 amide bonds. The third-order valence-electron chi connectivity index (χ3n) is 4.01. The highest BCUT2D eigenvalue weighted by atomic mass is 35.5. The van der Waals surface area contributed by atoms with E-state index in [0.717, 1.165) is 39.9 Å². The summed E-state index contributed by atoms with van der Waals surface area (Å²) in [4.78, 5) is 4.76. The summed E-state index contributed by atoms with van der Waals surface area (Å²) in [7, 11) is 0. The lowest BCUT2D eigenvalue weighted by molar-refractivity contribution is 0.174. The average Bonchev–Trinajstić information content (AvgIpc) is 3.34. The molecule has 1 aliphatic heterocycles. The quantitative estimate of drug-likeness (QED) is 0.540. The van der Waals surface area contributed by atoms with Gasteiger partial charge in [0.1, 0.15) is 17.2 Å². The largest absolute Gasteiger partial charge is 0.454 e. The molecule has 124 valence electrons. The molecule has 0 saturated carbocycles. The van der Waals surface area contributed by atoms with Crippen molar-refractivity contribution in [3.8, 4) is 22.8 Å². The van der Waals surface area contributed by atoms with Gasteiger partial charge in [-0.05, 0) is 35.7 Å². The summed E-state index contributed by atoms with van der Waals surface area (Å²) in [6.45, 7) is 0.254. The zero-order valence-electron chi connectivity index (χ0n) is 12.9. The summed E-state index contributed by atoms with van der Waals surface area (Å²) < 4.78 is 12.8. The number of hydrogen-bond donors (Lipinski definition) is 1. The van der Waals surface area contributed by atoms with E-state index in [9.17, 15) is 0 Å². The van der Waals surface area contributed by atoms with Gasteiger partial charge >= 0.3 is 0 Å². The molecule has 25 heavy (non-hydrogen) atoms. The first-order valence-corrected chi connectivity index (χ1v) is 8.97. The fourth-order valence-electron chi connectivity index (χ4n) is 2.85. The molecule has 1 N–H and O–H groups in total. The number of nitrogens with one attached hydrogen (secondary N) is 1. The van der Waals surface area contributed by atoms with Crippen molar-refractivity contribution in [2.75, 3.05) is 12.1 Å². The minimum Gasteiger partial charge on any atom is -0.454 e. The van der Waals surface area contributed by atoms with Crippen LogP contribution in [0.3, 0.4) is 0 Å². The van der Waals surface area contributed by atoms with E-state index in [1.807, 2.05) is 46.3 Å². The molecular formula is C18H12ClN3O2S. The molecule has 5 rings (SSSR count). The smallest absolute Gasteiger partial charge is 0.231 e. The van der Waals surface area contributed by atoms with E-state index in [1.165, 1.54) is 0 Å². The minimum absolute atomic E-state index is 0.254. The molecule has 4 heterocycles. The predicted octanol–water partition coefficient (Wildman–Crippen LogP) is 5.19. The van der Waals surface area contributed by atoms with Gasteiger partial charge in [0, 0.05) is 28.9 Å². The molecule has 0 atom stereocenters. The van der Waals surface area contributed by atoms with Crippen molar-refractivity contribution in [1.82, 2.24) is 9.38 Å². The molecule has 3 aromatic heterocycles. The predicted molar refractivity (Wildman–Crippen MR) is 99.4 cm³/mol. The highest BCUT2D eigenvalue weighted by Crippen LogP contribution is 2.37. The Morgan fingerprint density at radius 3 is 2.92 bits per heavy atom. The van der Waals surface area contributed by atoms with Crippen molar-refractivity contribution in [1.29, 1.82) is 0 Å². The van der Waals surface area contributed by atoms with Crippen molar-refractivity contribution in [2.45, 2.75) is 0 Å². The van der Waals surface area contributed by atoms with Gasteiger partial charge in [-0.2, -0.15) is 11.3 Å². The Morgan fingerprint density at radius 1 is 1.12 bits per heavy atom. The van der Waals surface area contributed by atoms with E-state index in [4.69, 9.17) is 26.1 Å². The van der Waals surface area contributed by atoms with Crippen LogP contribution in [0.4, 0.5) is 11.5 Å². The maximum absolute atomic E-state index is 6.19. The van der Waals surface area contributed by atoms with E-state index in [0.29, 0.717) is 5.02 Å². The molecule has 7 heteroatoms. The Bertz CT molecular complexity index is 1080. The second-order valence-corrected chi connectivity index (χ2v) is 6.81. The Morgan fingerprint density at radius 2 is 2.04 bits per heavy atom. The summed E-state index contributed by atoms with van der Waals surface area (Å²) in [6, 6.07) is 11.6. The number of imidazole rings is 1. The Labute approximate surface area is 152 Å². The van der Waals surface area contributed by atoms with Gasteiger partial charge in [0.15, 0.2) is 11.5 Å². The molecule has 0 spiro atoms. The fourth-order valence-corrected chi connectivity index (χ4v) is 3.65. The number of pyridine rings is 1. The number of ether oxygens (including phenoxy) is 2. The van der Waals surface area contributed by atoms with E-state index in [1.54, 1.807) is 11.3 Å². The van der Waals surface area contributed by atoms with Gasteiger partial charge in [-0.3, -0.25) is 4.40 Å². The summed E-state index contributed by atoms with van der Waals surface area (Å²) >= 11 is 7.83. The maximum Gasteiger partial charge on any atom is 0.231 e. The lowest BCUT2D eigenvalue weighted by Crippen LogP contribution is -1.97. The molecule has 0 radical (unpaired) electrons. The number of aromatic nitrogens is 2. The van der Waals surface area contributed by atoms with Crippen LogP contribution in [0.1, 0.15) is 0 Å². The molecular weight excluding hydrogens is 358 g/mol. The zero-order valence-corrected chi connectivity index (χ0v) is 14.5. The minimum atomic E-state index is 0.254. The molecule has 0 bridgehead atoms. The van der Waals surface area contributed by atoms with Crippen molar-refractivity contribution in [3.05, 3.63) is 58.4 Å². The van der Waals surface area contributed by atoms with Crippen molar-refractivity contribution in [3.63, 3.8) is 0 Å². The first-order valence-electron chi connectivity index (χ1n) is 7.65. The summed E-state index contributed by atoms with van der Waals surface area (Å²) in [5, 5.41) is 8.22. The van der Waals surface area contributed by atoms with Gasteiger partial charge in [-0.15, -0.1) is 0 Å². The second-order valence-electron chi connectivity index (χ2n) is 5.59. The zero-order chi connectivity index (χ0) is 16.8. The molecule has 0 saturated heterocycles. The van der Waals surface area contributed by atoms with Crippen LogP contribution < -0.4 is 14.8 Å². The van der Waals surface area contributed by atoms with Gasteiger partial charge in [0.2, 0.25) is 6.79 Å². The lowest BCUT2D eigenvalue weighted by Gasteiger charge is -2.09. The third-order valence-corrected chi connectivity index (χ3v) is 4.92. The second kappa shape index (κ2) is 5.68. The molecule has 0 fully saturated rings. The van der Waals surface area contributed by atoms with E-state index in [2.05, 4.69) is 16.8 Å². The van der Waals surface area contributed by atoms with Crippen molar-refractivity contribution < 1.29 is 9.47 Å². The Hall–Kier alpha value is -2.70. The number of rotatable bonds is 3. The normalized spacial score (nSPS) is 12.7. The number of benzene rings is 1. The molecule has 0 unspecified atom stereocenters. The molecule has 1 aromatic carbocycles. The van der Waals surface area contributed by atoms with Crippen LogP contribution in [0.2, 0.25) is 5.02 Å². The van der Waals surface area contributed by atoms with Gasteiger partial charge in [-0.25, -0.2) is 4.98 Å². The maximum atomic E-state index is 6.19. The van der Waals surface area contributed by atoms with Crippen molar-refractivity contribution in [2.24, 2.45) is 0 Å². The number of anilines is 2. The fraction of sp³-hybridized carbons (Fsp3) is 0.0556. The van der Waals surface area contributed by atoms with Crippen LogP contribution >= 0.6 is 22.9 Å². The first kappa shape index (κ1) is 14.6. The molecule has 1 aliphatic rings. The summed E-state index contributed by atoms with van der Waals surface area (Å²) in [5.41, 5.74) is 3.66. The highest BCUT2D eigenvalue weighted by Gasteiger charge is 2.17. The number of halogens is 1. The topological polar surface area (TPSA) is 47.8 Å². The highest BCUT2D eigenvalue weighted by molar-refractivity contribution is 7.08. The SMILES string of the molecule is Clc1ccc2nc(-c3ccsc3)c(Nc3ccc4c(c3)OCO4)n2c1. The van der Waals surface area contributed by atoms with Gasteiger partial charge in [-0.1, -0.05) is 11.6 Å². The first-order chi connectivity index (χ1) is 12.3. The third kappa shape index (κ3) is 2.50. The number of nitrogens with zero attached hydrogens (tertiary/aromatic N) is 2. The van der Waals surface area contributed by atoms with Crippen LogP contribution in [0, 0.1) is 0 Å². The van der Waals surface area contributed by atoms with Crippen LogP contribution in [-0.2, 0) is 0 Å². The van der Waals surface area contributed by atoms with Gasteiger partial charge < -0.3 is 14.8 Å². The molecule has 0 aliphatic carbocycles. The van der Waals surface area contributed by atoms with E-state index >= 15 is 0 Å². The van der Waals surface area contributed by atoms with Crippen LogP contribution in [0.15, 0.2) is 53.4 Å². The molecule has 4 aromatic rings. The summed E-state index contributed by atoms with van der Waals surface area (Å²) in [5.74, 6) is 2.34. The van der Waals surface area contributed by atoms with Gasteiger partial charge in [0.05, 0.1) is 5.02 Å². The van der Waals surface area contributed by atoms with E-state index < -0.39 is 0 Å². The Balaban J connectivity index is 1.66. The monoisotopic (exact) mass is 369 g/mol. The Kier molecular flexibility index (Phi) is 3.33. The lowest BCUT2D eigenvalue weighted by atomic mass is 10.2. The van der Waals surface area contributed by atoms with Crippen molar-refractivity contribution >= 4 is 40.1 Å². The molecule has 5 nitrogen and oxygen atoms in total. The van der Waals surface area contributed by atoms with Crippen LogP contribution in [0.5, 0.6) is 11.5 Å². The van der Waals surface area contributed by atoms with Gasteiger partial charge in [0.25, 0.3) is 0 Å². The number of fused-ring (bicyclic) bond motifs is 2. The van der Waals surface area contributed by atoms with Crippen LogP contribution in [0.25, 0.3) is 16.9 Å². The standard InChI is InChI=1S/C18H12ClN3O2S/c19-12-1-4-16-21-17(11-5-6-25-9-11)18(22(16)8-12)20-13-2-3-14-15(7-13)24-10-23-14/h1-9,20H,10H2.